The molecule has 0 aliphatic rings. The van der Waals surface area contributed by atoms with Crippen LogP contribution in [0.15, 0.2) is 64.1 Å². The third-order valence-corrected chi connectivity index (χ3v) is 4.45. The molecule has 0 fully saturated rings. The number of esters is 1. The Bertz CT molecular complexity index is 1050. The lowest BCUT2D eigenvalue weighted by atomic mass is 10.0. The molecule has 1 amide bonds. The van der Waals surface area contributed by atoms with Gasteiger partial charge in [0.2, 0.25) is 5.91 Å². The second-order valence-corrected chi connectivity index (χ2v) is 6.67. The maximum absolute atomic E-state index is 12.1. The van der Waals surface area contributed by atoms with Crippen molar-refractivity contribution in [2.24, 2.45) is 5.10 Å². The molecule has 0 aliphatic carbocycles. The fourth-order valence-corrected chi connectivity index (χ4v) is 2.89. The van der Waals surface area contributed by atoms with Crippen molar-refractivity contribution in [1.29, 1.82) is 0 Å². The van der Waals surface area contributed by atoms with Crippen molar-refractivity contribution >= 4 is 18.1 Å². The molecule has 6 heteroatoms. The van der Waals surface area contributed by atoms with Crippen molar-refractivity contribution in [3.8, 4) is 11.3 Å². The average Bonchev–Trinajstić information content (AvgIpc) is 3.18. The number of rotatable bonds is 6. The highest BCUT2D eigenvalue weighted by Crippen LogP contribution is 2.22. The summed E-state index contributed by atoms with van der Waals surface area (Å²) in [5, 5.41) is 3.96. The van der Waals surface area contributed by atoms with E-state index in [1.54, 1.807) is 36.4 Å². The molecule has 0 unspecified atom stereocenters. The van der Waals surface area contributed by atoms with Gasteiger partial charge in [-0.05, 0) is 49.2 Å². The van der Waals surface area contributed by atoms with Gasteiger partial charge in [-0.15, -0.1) is 0 Å². The minimum absolute atomic E-state index is 0.196. The maximum Gasteiger partial charge on any atom is 0.337 e. The molecule has 3 aromatic rings. The largest absolute Gasteiger partial charge is 0.465 e. The zero-order valence-corrected chi connectivity index (χ0v) is 16.6. The van der Waals surface area contributed by atoms with E-state index in [0.29, 0.717) is 17.1 Å². The molecule has 0 aliphatic heterocycles. The molecule has 0 saturated heterocycles. The maximum atomic E-state index is 12.1. The number of furan rings is 1. The summed E-state index contributed by atoms with van der Waals surface area (Å²) < 4.78 is 10.4. The molecular formula is C23H22N2O4. The molecule has 148 valence electrons. The van der Waals surface area contributed by atoms with E-state index in [1.807, 2.05) is 32.0 Å². The van der Waals surface area contributed by atoms with Crippen molar-refractivity contribution < 1.29 is 18.7 Å². The zero-order chi connectivity index (χ0) is 20.8. The second kappa shape index (κ2) is 9.01. The Labute approximate surface area is 169 Å². The topological polar surface area (TPSA) is 80.9 Å². The van der Waals surface area contributed by atoms with Crippen molar-refractivity contribution in [2.75, 3.05) is 7.11 Å². The number of carbonyl (C=O) groups excluding carboxylic acids is 2. The number of carbonyl (C=O) groups is 2. The molecule has 0 spiro atoms. The van der Waals surface area contributed by atoms with Gasteiger partial charge in [-0.25, -0.2) is 10.2 Å². The fraction of sp³-hybridized carbons (Fsp3) is 0.174. The summed E-state index contributed by atoms with van der Waals surface area (Å²) in [5.74, 6) is 0.548. The van der Waals surface area contributed by atoms with E-state index in [4.69, 9.17) is 4.42 Å². The van der Waals surface area contributed by atoms with Crippen molar-refractivity contribution in [3.63, 3.8) is 0 Å². The number of benzene rings is 2. The highest BCUT2D eigenvalue weighted by Gasteiger charge is 2.08. The number of ether oxygens (including phenoxy) is 1. The van der Waals surface area contributed by atoms with E-state index in [2.05, 4.69) is 15.3 Å². The van der Waals surface area contributed by atoms with E-state index in [1.165, 1.54) is 18.9 Å². The van der Waals surface area contributed by atoms with Gasteiger partial charge in [0.1, 0.15) is 11.5 Å². The molecule has 0 bridgehead atoms. The SMILES string of the molecule is COC(=O)c1ccc(-c2ccc(/C=N/NC(=O)Cc3ccc(C)cc3C)o2)cc1. The van der Waals surface area contributed by atoms with Gasteiger partial charge >= 0.3 is 5.97 Å². The van der Waals surface area contributed by atoms with Gasteiger partial charge in [-0.2, -0.15) is 5.10 Å². The van der Waals surface area contributed by atoms with Crippen molar-refractivity contribution in [2.45, 2.75) is 20.3 Å². The molecule has 29 heavy (non-hydrogen) atoms. The molecular weight excluding hydrogens is 368 g/mol. The van der Waals surface area contributed by atoms with E-state index in [-0.39, 0.29) is 18.3 Å². The van der Waals surface area contributed by atoms with Crippen LogP contribution in [0.3, 0.4) is 0 Å². The van der Waals surface area contributed by atoms with Gasteiger partial charge < -0.3 is 9.15 Å². The minimum atomic E-state index is -0.389. The summed E-state index contributed by atoms with van der Waals surface area (Å²) in [6.07, 6.45) is 1.71. The third kappa shape index (κ3) is 5.19. The van der Waals surface area contributed by atoms with Gasteiger partial charge in [-0.1, -0.05) is 35.9 Å². The number of hydrogen-bond acceptors (Lipinski definition) is 5. The monoisotopic (exact) mass is 390 g/mol. The number of nitrogens with one attached hydrogen (secondary N) is 1. The first-order valence-corrected chi connectivity index (χ1v) is 9.13. The number of aryl methyl sites for hydroxylation is 2. The number of hydrazone groups is 1. The van der Waals surface area contributed by atoms with Gasteiger partial charge in [0.15, 0.2) is 0 Å². The van der Waals surface area contributed by atoms with Gasteiger partial charge in [0, 0.05) is 5.56 Å². The van der Waals surface area contributed by atoms with E-state index in [0.717, 1.165) is 16.7 Å². The molecule has 6 nitrogen and oxygen atoms in total. The van der Waals surface area contributed by atoms with Gasteiger partial charge in [-0.3, -0.25) is 4.79 Å². The zero-order valence-electron chi connectivity index (χ0n) is 16.6. The first-order valence-electron chi connectivity index (χ1n) is 9.13. The smallest absolute Gasteiger partial charge is 0.337 e. The second-order valence-electron chi connectivity index (χ2n) is 6.67. The molecule has 0 radical (unpaired) electrons. The Balaban J connectivity index is 1.58. The number of nitrogens with zero attached hydrogens (tertiary/aromatic N) is 1. The Hall–Kier alpha value is -3.67. The van der Waals surface area contributed by atoms with Crippen LogP contribution in [0, 0.1) is 13.8 Å². The van der Waals surface area contributed by atoms with Crippen LogP contribution in [0.1, 0.15) is 32.8 Å². The Morgan fingerprint density at radius 2 is 1.83 bits per heavy atom. The molecule has 0 saturated carbocycles. The number of methoxy groups -OCH3 is 1. The average molecular weight is 390 g/mol. The first-order chi connectivity index (χ1) is 14.0. The number of amides is 1. The Kier molecular flexibility index (Phi) is 6.24. The van der Waals surface area contributed by atoms with E-state index >= 15 is 0 Å². The van der Waals surface area contributed by atoms with E-state index < -0.39 is 0 Å². The van der Waals surface area contributed by atoms with Crippen molar-refractivity contribution in [1.82, 2.24) is 5.43 Å². The summed E-state index contributed by atoms with van der Waals surface area (Å²) in [6.45, 7) is 4.01. The first kappa shape index (κ1) is 20.1. The normalized spacial score (nSPS) is 10.9. The van der Waals surface area contributed by atoms with Crippen LogP contribution in [-0.2, 0) is 16.0 Å². The van der Waals surface area contributed by atoms with Crippen LogP contribution in [0.5, 0.6) is 0 Å². The van der Waals surface area contributed by atoms with Crippen LogP contribution in [0.25, 0.3) is 11.3 Å². The lowest BCUT2D eigenvalue weighted by Gasteiger charge is -2.05. The van der Waals surface area contributed by atoms with Crippen LogP contribution in [0.2, 0.25) is 0 Å². The summed E-state index contributed by atoms with van der Waals surface area (Å²) in [6, 6.07) is 16.4. The van der Waals surface area contributed by atoms with E-state index in [9.17, 15) is 9.59 Å². The Morgan fingerprint density at radius 1 is 1.07 bits per heavy atom. The number of hydrogen-bond donors (Lipinski definition) is 1. The molecule has 2 aromatic carbocycles. The predicted molar refractivity (Wildman–Crippen MR) is 111 cm³/mol. The van der Waals surface area contributed by atoms with Crippen LogP contribution in [0.4, 0.5) is 0 Å². The molecule has 1 heterocycles. The van der Waals surface area contributed by atoms with Gasteiger partial charge in [0.25, 0.3) is 0 Å². The Morgan fingerprint density at radius 3 is 2.52 bits per heavy atom. The van der Waals surface area contributed by atoms with Crippen molar-refractivity contribution in [3.05, 3.63) is 82.6 Å². The quantitative estimate of drug-likeness (QED) is 0.391. The van der Waals surface area contributed by atoms with Crippen LogP contribution >= 0.6 is 0 Å². The summed E-state index contributed by atoms with van der Waals surface area (Å²) >= 11 is 0. The summed E-state index contributed by atoms with van der Waals surface area (Å²) in [5.41, 5.74) is 7.02. The summed E-state index contributed by atoms with van der Waals surface area (Å²) in [4.78, 5) is 23.6. The highest BCUT2D eigenvalue weighted by atomic mass is 16.5. The molecule has 0 atom stereocenters. The van der Waals surface area contributed by atoms with Gasteiger partial charge in [0.05, 0.1) is 25.3 Å². The molecule has 1 aromatic heterocycles. The minimum Gasteiger partial charge on any atom is -0.465 e. The molecule has 1 N–H and O–H groups in total. The standard InChI is InChI=1S/C23H22N2O4/c1-15-4-5-19(16(2)12-15)13-22(26)25-24-14-20-10-11-21(29-20)17-6-8-18(9-7-17)23(27)28-3/h4-12,14H,13H2,1-3H3,(H,25,26)/b24-14+. The highest BCUT2D eigenvalue weighted by molar-refractivity contribution is 5.90. The summed E-state index contributed by atoms with van der Waals surface area (Å²) in [7, 11) is 1.34. The lowest BCUT2D eigenvalue weighted by Crippen LogP contribution is -2.20. The third-order valence-electron chi connectivity index (χ3n) is 4.45. The van der Waals surface area contributed by atoms with Crippen LogP contribution < -0.4 is 5.43 Å². The predicted octanol–water partition coefficient (Wildman–Crippen LogP) is 4.04. The van der Waals surface area contributed by atoms with Crippen LogP contribution in [-0.4, -0.2) is 25.2 Å². The lowest BCUT2D eigenvalue weighted by molar-refractivity contribution is -0.120. The fourth-order valence-electron chi connectivity index (χ4n) is 2.89. The molecule has 3 rings (SSSR count).